The smallest absolute Gasteiger partial charge is 0.236 e. The fourth-order valence-corrected chi connectivity index (χ4v) is 0.963. The highest BCUT2D eigenvalue weighted by Crippen LogP contribution is 1.97. The van der Waals surface area contributed by atoms with Gasteiger partial charge in [-0.15, -0.1) is 0 Å². The molecule has 0 aromatic heterocycles. The third-order valence-corrected chi connectivity index (χ3v) is 1.95. The summed E-state index contributed by atoms with van der Waals surface area (Å²) >= 11 is 0. The maximum Gasteiger partial charge on any atom is 0.236 e. The summed E-state index contributed by atoms with van der Waals surface area (Å²) in [7, 11) is 3.47. The van der Waals surface area contributed by atoms with Crippen LogP contribution >= 0.6 is 0 Å². The van der Waals surface area contributed by atoms with Gasteiger partial charge >= 0.3 is 0 Å². The summed E-state index contributed by atoms with van der Waals surface area (Å²) in [5.41, 5.74) is 0. The van der Waals surface area contributed by atoms with E-state index in [1.807, 2.05) is 18.7 Å². The number of carbonyl (C=O) groups excluding carboxylic acids is 1. The van der Waals surface area contributed by atoms with Crippen molar-refractivity contribution in [2.24, 2.45) is 0 Å². The van der Waals surface area contributed by atoms with Crippen molar-refractivity contribution in [1.29, 1.82) is 0 Å². The molecule has 0 heterocycles. The van der Waals surface area contributed by atoms with Gasteiger partial charge in [0.05, 0.1) is 13.2 Å². The Labute approximate surface area is 80.1 Å². The van der Waals surface area contributed by atoms with E-state index in [4.69, 9.17) is 5.11 Å². The number of aliphatic hydroxyl groups is 1. The van der Waals surface area contributed by atoms with Crippen molar-refractivity contribution in [2.45, 2.75) is 19.9 Å². The van der Waals surface area contributed by atoms with E-state index in [9.17, 15) is 4.79 Å². The number of aliphatic hydroxyl groups excluding tert-OH is 1. The first-order valence-corrected chi connectivity index (χ1v) is 4.54. The molecule has 4 nitrogen and oxygen atoms in total. The van der Waals surface area contributed by atoms with E-state index >= 15 is 0 Å². The molecule has 0 aromatic rings. The van der Waals surface area contributed by atoms with Crippen molar-refractivity contribution >= 4 is 5.91 Å². The lowest BCUT2D eigenvalue weighted by atomic mass is 10.3. The Kier molecular flexibility index (Phi) is 5.66. The quantitative estimate of drug-likeness (QED) is 0.648. The minimum atomic E-state index is 0.0714. The van der Waals surface area contributed by atoms with Crippen molar-refractivity contribution in [3.8, 4) is 0 Å². The van der Waals surface area contributed by atoms with Crippen LogP contribution in [-0.4, -0.2) is 60.6 Å². The lowest BCUT2D eigenvalue weighted by molar-refractivity contribution is -0.130. The van der Waals surface area contributed by atoms with Crippen LogP contribution < -0.4 is 0 Å². The molecule has 78 valence electrons. The molecule has 0 rings (SSSR count). The molecule has 0 saturated heterocycles. The molecule has 4 heteroatoms. The molecule has 0 spiro atoms. The standard InChI is InChI=1S/C9H20N2O2/c1-8(2)11(5-6-12)7-9(13)10(3)4/h8,12H,5-7H2,1-4H3. The van der Waals surface area contributed by atoms with E-state index in [-0.39, 0.29) is 18.6 Å². The Hall–Kier alpha value is -0.610. The lowest BCUT2D eigenvalue weighted by Gasteiger charge is -2.26. The Balaban J connectivity index is 4.02. The molecule has 0 aliphatic heterocycles. The fraction of sp³-hybridized carbons (Fsp3) is 0.889. The van der Waals surface area contributed by atoms with E-state index in [0.29, 0.717) is 13.1 Å². The lowest BCUT2D eigenvalue weighted by Crippen LogP contribution is -2.41. The first-order valence-electron chi connectivity index (χ1n) is 4.54. The van der Waals surface area contributed by atoms with Crippen molar-refractivity contribution in [3.63, 3.8) is 0 Å². The predicted octanol–water partition coefficient (Wildman–Crippen LogP) is -0.223. The zero-order chi connectivity index (χ0) is 10.4. The first-order chi connectivity index (χ1) is 5.99. The van der Waals surface area contributed by atoms with Crippen molar-refractivity contribution in [2.75, 3.05) is 33.8 Å². The summed E-state index contributed by atoms with van der Waals surface area (Å²) < 4.78 is 0. The van der Waals surface area contributed by atoms with Crippen LogP contribution in [-0.2, 0) is 4.79 Å². The third-order valence-electron chi connectivity index (χ3n) is 1.95. The van der Waals surface area contributed by atoms with Gasteiger partial charge in [-0.3, -0.25) is 9.69 Å². The predicted molar refractivity (Wildman–Crippen MR) is 52.5 cm³/mol. The number of hydrogen-bond donors (Lipinski definition) is 1. The molecule has 0 radical (unpaired) electrons. The van der Waals surface area contributed by atoms with Crippen LogP contribution in [0.4, 0.5) is 0 Å². The van der Waals surface area contributed by atoms with Crippen molar-refractivity contribution in [1.82, 2.24) is 9.80 Å². The molecule has 0 aliphatic carbocycles. The molecular weight excluding hydrogens is 168 g/mol. The molecular formula is C9H20N2O2. The zero-order valence-electron chi connectivity index (χ0n) is 8.95. The van der Waals surface area contributed by atoms with Gasteiger partial charge in [0.25, 0.3) is 0 Å². The van der Waals surface area contributed by atoms with Crippen LogP contribution in [0.5, 0.6) is 0 Å². The molecule has 1 amide bonds. The average molecular weight is 188 g/mol. The SMILES string of the molecule is CC(C)N(CCO)CC(=O)N(C)C. The molecule has 0 unspecified atom stereocenters. The van der Waals surface area contributed by atoms with Gasteiger partial charge in [-0.25, -0.2) is 0 Å². The molecule has 0 saturated carbocycles. The fourth-order valence-electron chi connectivity index (χ4n) is 0.963. The maximum absolute atomic E-state index is 11.3. The van der Waals surface area contributed by atoms with Gasteiger partial charge in [-0.2, -0.15) is 0 Å². The number of rotatable bonds is 5. The molecule has 0 atom stereocenters. The highest BCUT2D eigenvalue weighted by Gasteiger charge is 2.14. The van der Waals surface area contributed by atoms with E-state index in [1.165, 1.54) is 0 Å². The minimum absolute atomic E-state index is 0.0714. The monoisotopic (exact) mass is 188 g/mol. The highest BCUT2D eigenvalue weighted by atomic mass is 16.3. The van der Waals surface area contributed by atoms with Gasteiger partial charge in [0.15, 0.2) is 0 Å². The van der Waals surface area contributed by atoms with Gasteiger partial charge in [-0.1, -0.05) is 0 Å². The van der Waals surface area contributed by atoms with Crippen molar-refractivity contribution < 1.29 is 9.90 Å². The summed E-state index contributed by atoms with van der Waals surface area (Å²) in [6.45, 7) is 5.05. The first kappa shape index (κ1) is 12.4. The minimum Gasteiger partial charge on any atom is -0.395 e. The summed E-state index contributed by atoms with van der Waals surface area (Å²) in [6.07, 6.45) is 0. The summed E-state index contributed by atoms with van der Waals surface area (Å²) in [4.78, 5) is 14.8. The Morgan fingerprint density at radius 2 is 1.92 bits per heavy atom. The van der Waals surface area contributed by atoms with Crippen LogP contribution in [0, 0.1) is 0 Å². The van der Waals surface area contributed by atoms with E-state index in [0.717, 1.165) is 0 Å². The Morgan fingerprint density at radius 1 is 1.38 bits per heavy atom. The third kappa shape index (κ3) is 4.85. The molecule has 0 fully saturated rings. The van der Waals surface area contributed by atoms with Crippen LogP contribution in [0.15, 0.2) is 0 Å². The molecule has 0 bridgehead atoms. The molecule has 13 heavy (non-hydrogen) atoms. The van der Waals surface area contributed by atoms with E-state index in [2.05, 4.69) is 0 Å². The summed E-state index contributed by atoms with van der Waals surface area (Å²) in [5.74, 6) is 0.0714. The molecule has 1 N–H and O–H groups in total. The number of likely N-dealkylation sites (N-methyl/N-ethyl adjacent to an activating group) is 1. The molecule has 0 aliphatic rings. The summed E-state index contributed by atoms with van der Waals surface area (Å²) in [6, 6.07) is 0.288. The summed E-state index contributed by atoms with van der Waals surface area (Å²) in [5, 5.41) is 8.77. The van der Waals surface area contributed by atoms with Crippen LogP contribution in [0.25, 0.3) is 0 Å². The van der Waals surface area contributed by atoms with Crippen LogP contribution in [0.2, 0.25) is 0 Å². The second-order valence-electron chi connectivity index (χ2n) is 3.58. The second-order valence-corrected chi connectivity index (χ2v) is 3.58. The average Bonchev–Trinajstić information content (AvgIpc) is 2.03. The second kappa shape index (κ2) is 5.94. The number of hydrogen-bond acceptors (Lipinski definition) is 3. The number of carbonyl (C=O) groups is 1. The van der Waals surface area contributed by atoms with E-state index in [1.54, 1.807) is 19.0 Å². The van der Waals surface area contributed by atoms with Gasteiger partial charge in [0.1, 0.15) is 0 Å². The van der Waals surface area contributed by atoms with Gasteiger partial charge < -0.3 is 10.0 Å². The van der Waals surface area contributed by atoms with Gasteiger partial charge in [-0.05, 0) is 13.8 Å². The largest absolute Gasteiger partial charge is 0.395 e. The normalized spacial score (nSPS) is 11.0. The molecule has 0 aromatic carbocycles. The number of nitrogens with zero attached hydrogens (tertiary/aromatic N) is 2. The van der Waals surface area contributed by atoms with Gasteiger partial charge in [0, 0.05) is 26.7 Å². The van der Waals surface area contributed by atoms with E-state index < -0.39 is 0 Å². The zero-order valence-corrected chi connectivity index (χ0v) is 8.95. The Morgan fingerprint density at radius 3 is 2.23 bits per heavy atom. The highest BCUT2D eigenvalue weighted by molar-refractivity contribution is 5.77. The topological polar surface area (TPSA) is 43.8 Å². The van der Waals surface area contributed by atoms with Gasteiger partial charge in [0.2, 0.25) is 5.91 Å². The number of amides is 1. The van der Waals surface area contributed by atoms with Crippen LogP contribution in [0.1, 0.15) is 13.8 Å². The maximum atomic E-state index is 11.3. The van der Waals surface area contributed by atoms with Crippen molar-refractivity contribution in [3.05, 3.63) is 0 Å². The van der Waals surface area contributed by atoms with Crippen LogP contribution in [0.3, 0.4) is 0 Å². The Bertz CT molecular complexity index is 158.